The van der Waals surface area contributed by atoms with Gasteiger partial charge in [-0.25, -0.2) is 0 Å². The fraction of sp³-hybridized carbons (Fsp3) is 0.818. The molecule has 1 aliphatic rings. The molecule has 0 aliphatic carbocycles. The minimum Gasteiger partial charge on any atom is -0.383 e. The molecular formula is C11H24N2O. The molecule has 0 bridgehead atoms. The lowest BCUT2D eigenvalue weighted by Crippen LogP contribution is -2.45. The molecule has 14 heavy (non-hydrogen) atoms. The van der Waals surface area contributed by atoms with Crippen LogP contribution in [0.3, 0.4) is 0 Å². The summed E-state index contributed by atoms with van der Waals surface area (Å²) in [5.41, 5.74) is 0. The van der Waals surface area contributed by atoms with Crippen LogP contribution in [0.4, 0.5) is 0 Å². The highest BCUT2D eigenvalue weighted by Gasteiger charge is 2.12. The van der Waals surface area contributed by atoms with Crippen LogP contribution in [0, 0.1) is 0 Å². The highest BCUT2D eigenvalue weighted by atomic mass is 16.5. The zero-order valence-electron chi connectivity index (χ0n) is 9.83. The van der Waals surface area contributed by atoms with Crippen molar-refractivity contribution in [3.05, 3.63) is 12.7 Å². The molecule has 0 aromatic heterocycles. The first kappa shape index (κ1) is 13.6. The van der Waals surface area contributed by atoms with Gasteiger partial charge < -0.3 is 9.64 Å². The van der Waals surface area contributed by atoms with Crippen molar-refractivity contribution in [1.29, 1.82) is 0 Å². The van der Waals surface area contributed by atoms with Crippen molar-refractivity contribution in [2.45, 2.75) is 6.92 Å². The van der Waals surface area contributed by atoms with E-state index in [1.165, 1.54) is 26.2 Å². The van der Waals surface area contributed by atoms with E-state index in [1.807, 2.05) is 6.92 Å². The van der Waals surface area contributed by atoms with Gasteiger partial charge in [-0.15, -0.1) is 6.58 Å². The van der Waals surface area contributed by atoms with Gasteiger partial charge in [0.2, 0.25) is 0 Å². The molecule has 0 radical (unpaired) electrons. The minimum absolute atomic E-state index is 0.865. The van der Waals surface area contributed by atoms with E-state index in [0.717, 1.165) is 13.2 Å². The van der Waals surface area contributed by atoms with Crippen molar-refractivity contribution in [1.82, 2.24) is 9.80 Å². The van der Waals surface area contributed by atoms with Crippen molar-refractivity contribution in [2.75, 3.05) is 53.5 Å². The summed E-state index contributed by atoms with van der Waals surface area (Å²) in [5, 5.41) is 0. The summed E-state index contributed by atoms with van der Waals surface area (Å²) in [7, 11) is 3.93. The van der Waals surface area contributed by atoms with Crippen LogP contribution in [-0.2, 0) is 4.74 Å². The van der Waals surface area contributed by atoms with Crippen LogP contribution in [-0.4, -0.2) is 63.3 Å². The predicted molar refractivity (Wildman–Crippen MR) is 61.7 cm³/mol. The average molecular weight is 200 g/mol. The largest absolute Gasteiger partial charge is 0.383 e. The van der Waals surface area contributed by atoms with Crippen molar-refractivity contribution in [3.63, 3.8) is 0 Å². The number of methoxy groups -OCH3 is 1. The van der Waals surface area contributed by atoms with Gasteiger partial charge in [-0.05, 0) is 14.0 Å². The molecule has 1 fully saturated rings. The zero-order valence-corrected chi connectivity index (χ0v) is 9.83. The Labute approximate surface area is 88.3 Å². The standard InChI is InChI=1S/C8H18N2O.C3H6/c1-9-3-5-10(6-4-9)7-8-11-2;1-3-2/h3-8H2,1-2H3;3H,1H2,2H3. The van der Waals surface area contributed by atoms with E-state index >= 15 is 0 Å². The molecule has 1 aliphatic heterocycles. The predicted octanol–water partition coefficient (Wildman–Crippen LogP) is 1.07. The van der Waals surface area contributed by atoms with E-state index < -0.39 is 0 Å². The average Bonchev–Trinajstić information content (AvgIpc) is 2.18. The third-order valence-corrected chi connectivity index (χ3v) is 2.21. The fourth-order valence-electron chi connectivity index (χ4n) is 1.29. The molecular weight excluding hydrogens is 176 g/mol. The molecule has 0 N–H and O–H groups in total. The normalized spacial score (nSPS) is 18.5. The number of ether oxygens (including phenoxy) is 1. The Morgan fingerprint density at radius 3 is 2.21 bits per heavy atom. The molecule has 0 aromatic carbocycles. The topological polar surface area (TPSA) is 15.7 Å². The van der Waals surface area contributed by atoms with Gasteiger partial charge in [0.1, 0.15) is 0 Å². The van der Waals surface area contributed by atoms with Crippen LogP contribution in [0.2, 0.25) is 0 Å². The van der Waals surface area contributed by atoms with E-state index in [4.69, 9.17) is 4.74 Å². The molecule has 0 atom stereocenters. The maximum Gasteiger partial charge on any atom is 0.0589 e. The second kappa shape index (κ2) is 9.19. The Hall–Kier alpha value is -0.380. The maximum atomic E-state index is 5.02. The third-order valence-electron chi connectivity index (χ3n) is 2.21. The number of rotatable bonds is 3. The zero-order chi connectivity index (χ0) is 10.8. The molecule has 1 rings (SSSR count). The molecule has 0 aromatic rings. The summed E-state index contributed by atoms with van der Waals surface area (Å²) in [5.74, 6) is 0. The first-order chi connectivity index (χ1) is 6.74. The lowest BCUT2D eigenvalue weighted by Gasteiger charge is -2.31. The van der Waals surface area contributed by atoms with Gasteiger partial charge in [-0.1, -0.05) is 6.08 Å². The second-order valence-electron chi connectivity index (χ2n) is 3.55. The van der Waals surface area contributed by atoms with E-state index in [-0.39, 0.29) is 0 Å². The fourth-order valence-corrected chi connectivity index (χ4v) is 1.29. The molecule has 0 spiro atoms. The van der Waals surface area contributed by atoms with Crippen LogP contribution < -0.4 is 0 Å². The minimum atomic E-state index is 0.865. The molecule has 1 saturated heterocycles. The van der Waals surface area contributed by atoms with E-state index in [1.54, 1.807) is 13.2 Å². The number of likely N-dealkylation sites (N-methyl/N-ethyl adjacent to an activating group) is 1. The van der Waals surface area contributed by atoms with Crippen LogP contribution in [0.25, 0.3) is 0 Å². The third kappa shape index (κ3) is 7.06. The monoisotopic (exact) mass is 200 g/mol. The molecule has 3 nitrogen and oxygen atoms in total. The molecule has 84 valence electrons. The molecule has 3 heteroatoms. The Morgan fingerprint density at radius 1 is 1.29 bits per heavy atom. The van der Waals surface area contributed by atoms with Crippen molar-refractivity contribution >= 4 is 0 Å². The van der Waals surface area contributed by atoms with Crippen molar-refractivity contribution < 1.29 is 4.74 Å². The van der Waals surface area contributed by atoms with E-state index in [2.05, 4.69) is 23.4 Å². The highest BCUT2D eigenvalue weighted by Crippen LogP contribution is 1.97. The number of hydrogen-bond donors (Lipinski definition) is 0. The Morgan fingerprint density at radius 2 is 1.79 bits per heavy atom. The van der Waals surface area contributed by atoms with E-state index in [0.29, 0.717) is 0 Å². The second-order valence-corrected chi connectivity index (χ2v) is 3.55. The SMILES string of the molecule is C=CC.COCCN1CCN(C)CC1. The lowest BCUT2D eigenvalue weighted by atomic mass is 10.3. The van der Waals surface area contributed by atoms with Crippen molar-refractivity contribution in [2.24, 2.45) is 0 Å². The molecule has 0 unspecified atom stereocenters. The summed E-state index contributed by atoms with van der Waals surface area (Å²) in [6, 6.07) is 0. The van der Waals surface area contributed by atoms with E-state index in [9.17, 15) is 0 Å². The lowest BCUT2D eigenvalue weighted by molar-refractivity contribution is 0.108. The van der Waals surface area contributed by atoms with Crippen molar-refractivity contribution in [3.8, 4) is 0 Å². The molecule has 0 amide bonds. The number of piperazine rings is 1. The van der Waals surface area contributed by atoms with Gasteiger partial charge in [0.25, 0.3) is 0 Å². The first-order valence-corrected chi connectivity index (χ1v) is 5.21. The van der Waals surface area contributed by atoms with Gasteiger partial charge in [0.15, 0.2) is 0 Å². The molecule has 0 saturated carbocycles. The van der Waals surface area contributed by atoms with Crippen LogP contribution in [0.15, 0.2) is 12.7 Å². The molecule has 1 heterocycles. The first-order valence-electron chi connectivity index (χ1n) is 5.21. The number of allylic oxidation sites excluding steroid dienone is 1. The summed E-state index contributed by atoms with van der Waals surface area (Å²) < 4.78 is 5.02. The van der Waals surface area contributed by atoms with Crippen LogP contribution >= 0.6 is 0 Å². The quantitative estimate of drug-likeness (QED) is 0.634. The van der Waals surface area contributed by atoms with Gasteiger partial charge in [0.05, 0.1) is 6.61 Å². The summed E-state index contributed by atoms with van der Waals surface area (Å²) in [6.45, 7) is 12.0. The summed E-state index contributed by atoms with van der Waals surface area (Å²) >= 11 is 0. The van der Waals surface area contributed by atoms with Crippen LogP contribution in [0.5, 0.6) is 0 Å². The summed E-state index contributed by atoms with van der Waals surface area (Å²) in [6.07, 6.45) is 1.75. The smallest absolute Gasteiger partial charge is 0.0589 e. The highest BCUT2D eigenvalue weighted by molar-refractivity contribution is 4.68. The summed E-state index contributed by atoms with van der Waals surface area (Å²) in [4.78, 5) is 4.81. The Kier molecular flexibility index (Phi) is 8.94. The maximum absolute atomic E-state index is 5.02. The number of nitrogens with zero attached hydrogens (tertiary/aromatic N) is 2. The van der Waals surface area contributed by atoms with Gasteiger partial charge in [0, 0.05) is 39.8 Å². The number of hydrogen-bond acceptors (Lipinski definition) is 3. The van der Waals surface area contributed by atoms with Gasteiger partial charge >= 0.3 is 0 Å². The Bertz CT molecular complexity index is 128. The van der Waals surface area contributed by atoms with Gasteiger partial charge in [-0.3, -0.25) is 4.90 Å². The Balaban J connectivity index is 0.000000500. The van der Waals surface area contributed by atoms with Gasteiger partial charge in [-0.2, -0.15) is 0 Å². The van der Waals surface area contributed by atoms with Crippen LogP contribution in [0.1, 0.15) is 6.92 Å².